The molecule has 2 saturated heterocycles. The molecule has 176 valence electrons. The number of nitrogens with two attached hydrogens (primary N) is 1. The number of anilines is 1. The van der Waals surface area contributed by atoms with Crippen LogP contribution in [-0.4, -0.2) is 49.7 Å². The number of hydrogen-bond donors (Lipinski definition) is 1. The molecule has 7 nitrogen and oxygen atoms in total. The van der Waals surface area contributed by atoms with Gasteiger partial charge < -0.3 is 10.6 Å². The summed E-state index contributed by atoms with van der Waals surface area (Å²) in [4.78, 5) is 17.7. The van der Waals surface area contributed by atoms with Gasteiger partial charge in [0.2, 0.25) is 0 Å². The van der Waals surface area contributed by atoms with Gasteiger partial charge in [-0.25, -0.2) is 13.9 Å². The lowest BCUT2D eigenvalue weighted by Crippen LogP contribution is -2.25. The van der Waals surface area contributed by atoms with Crippen molar-refractivity contribution >= 4 is 29.3 Å². The zero-order valence-electron chi connectivity index (χ0n) is 19.2. The first-order chi connectivity index (χ1) is 15.9. The lowest BCUT2D eigenvalue weighted by atomic mass is 10.0. The zero-order valence-corrected chi connectivity index (χ0v) is 20.0. The molecule has 4 heterocycles. The van der Waals surface area contributed by atoms with E-state index in [-0.39, 0.29) is 17.6 Å². The Morgan fingerprint density at radius 2 is 1.94 bits per heavy atom. The van der Waals surface area contributed by atoms with Crippen LogP contribution in [0, 0.1) is 5.82 Å². The highest BCUT2D eigenvalue weighted by Crippen LogP contribution is 2.35. The summed E-state index contributed by atoms with van der Waals surface area (Å²) in [6.07, 6.45) is 6.14. The number of imidazole rings is 1. The molecule has 1 aromatic carbocycles. The molecule has 3 aromatic rings. The molecule has 0 saturated carbocycles. The summed E-state index contributed by atoms with van der Waals surface area (Å²) in [6.45, 7) is 7.94. The van der Waals surface area contributed by atoms with E-state index in [1.807, 2.05) is 24.1 Å². The standard InChI is InChI=1S/C17H16FN5O.C7H15NS/c18-12-4-1-3-11(9-12)13-5-2-8-22(13)16-7-6-15-20-10-14(17(19)24)23(15)21-16;1-7(2)9-8-5-3-4-6-8/h1,3-4,6-7,9-10,13H,2,5,8H2,(H2,19,24);7H,3-6H2,1-2H3/t13-;/m1./s1. The molecule has 2 aliphatic heterocycles. The van der Waals surface area contributed by atoms with Crippen LogP contribution >= 0.6 is 11.9 Å². The second kappa shape index (κ2) is 10.5. The molecule has 0 aliphatic carbocycles. The molecule has 2 N–H and O–H groups in total. The molecule has 5 rings (SSSR count). The minimum absolute atomic E-state index is 0.0613. The van der Waals surface area contributed by atoms with Crippen LogP contribution in [0.5, 0.6) is 0 Å². The number of benzene rings is 1. The van der Waals surface area contributed by atoms with Crippen molar-refractivity contribution in [3.63, 3.8) is 0 Å². The Bertz CT molecular complexity index is 1100. The number of hydrogen-bond acceptors (Lipinski definition) is 6. The second-order valence-corrected chi connectivity index (χ2v) is 10.3. The first-order valence-corrected chi connectivity index (χ1v) is 12.3. The molecule has 9 heteroatoms. The summed E-state index contributed by atoms with van der Waals surface area (Å²) < 4.78 is 17.5. The van der Waals surface area contributed by atoms with Crippen LogP contribution in [0.3, 0.4) is 0 Å². The quantitative estimate of drug-likeness (QED) is 0.555. The number of rotatable bonds is 5. The average Bonchev–Trinajstić information content (AvgIpc) is 3.53. The number of amides is 1. The highest BCUT2D eigenvalue weighted by Gasteiger charge is 2.28. The van der Waals surface area contributed by atoms with Crippen molar-refractivity contribution in [2.24, 2.45) is 5.73 Å². The maximum Gasteiger partial charge on any atom is 0.269 e. The fourth-order valence-corrected chi connectivity index (χ4v) is 5.44. The summed E-state index contributed by atoms with van der Waals surface area (Å²) in [7, 11) is 0. The van der Waals surface area contributed by atoms with Gasteiger partial charge in [0.15, 0.2) is 5.65 Å². The third-order valence-corrected chi connectivity index (χ3v) is 6.89. The Morgan fingerprint density at radius 3 is 2.64 bits per heavy atom. The lowest BCUT2D eigenvalue weighted by molar-refractivity contribution is 0.0993. The minimum Gasteiger partial charge on any atom is -0.364 e. The van der Waals surface area contributed by atoms with E-state index in [2.05, 4.69) is 33.1 Å². The van der Waals surface area contributed by atoms with Crippen molar-refractivity contribution in [3.8, 4) is 0 Å². The molecule has 2 aromatic heterocycles. The van der Waals surface area contributed by atoms with Gasteiger partial charge in [-0.1, -0.05) is 37.9 Å². The molecule has 33 heavy (non-hydrogen) atoms. The number of carbonyl (C=O) groups excluding carboxylic acids is 1. The van der Waals surface area contributed by atoms with Crippen LogP contribution in [0.4, 0.5) is 10.2 Å². The summed E-state index contributed by atoms with van der Waals surface area (Å²) in [6, 6.07) is 10.4. The average molecular weight is 471 g/mol. The van der Waals surface area contributed by atoms with Crippen LogP contribution in [0.1, 0.15) is 61.6 Å². The highest BCUT2D eigenvalue weighted by molar-refractivity contribution is 7.97. The lowest BCUT2D eigenvalue weighted by Gasteiger charge is -2.26. The minimum atomic E-state index is -0.574. The Balaban J connectivity index is 0.000000243. The molecule has 0 spiro atoms. The predicted molar refractivity (Wildman–Crippen MR) is 131 cm³/mol. The molecule has 0 bridgehead atoms. The second-order valence-electron chi connectivity index (χ2n) is 8.67. The van der Waals surface area contributed by atoms with Crippen molar-refractivity contribution in [1.29, 1.82) is 0 Å². The first-order valence-electron chi connectivity index (χ1n) is 11.5. The molecule has 2 fully saturated rings. The van der Waals surface area contributed by atoms with Gasteiger partial charge in [0, 0.05) is 24.9 Å². The van der Waals surface area contributed by atoms with E-state index in [1.165, 1.54) is 42.7 Å². The van der Waals surface area contributed by atoms with E-state index in [9.17, 15) is 9.18 Å². The van der Waals surface area contributed by atoms with E-state index in [4.69, 9.17) is 5.73 Å². The van der Waals surface area contributed by atoms with Gasteiger partial charge in [-0.15, -0.1) is 5.10 Å². The van der Waals surface area contributed by atoms with Crippen molar-refractivity contribution in [1.82, 2.24) is 18.9 Å². The number of nitrogens with zero attached hydrogens (tertiary/aromatic N) is 5. The third-order valence-electron chi connectivity index (χ3n) is 5.81. The van der Waals surface area contributed by atoms with Crippen LogP contribution in [-0.2, 0) is 0 Å². The monoisotopic (exact) mass is 470 g/mol. The summed E-state index contributed by atoms with van der Waals surface area (Å²) in [5.74, 6) is -0.0987. The molecule has 2 aliphatic rings. The molecular formula is C24H31FN6OS. The van der Waals surface area contributed by atoms with E-state index in [0.29, 0.717) is 5.65 Å². The Labute approximate surface area is 198 Å². The van der Waals surface area contributed by atoms with Crippen LogP contribution in [0.25, 0.3) is 5.65 Å². The van der Waals surface area contributed by atoms with E-state index < -0.39 is 5.91 Å². The largest absolute Gasteiger partial charge is 0.364 e. The molecular weight excluding hydrogens is 439 g/mol. The van der Waals surface area contributed by atoms with Gasteiger partial charge in [0.25, 0.3) is 5.91 Å². The summed E-state index contributed by atoms with van der Waals surface area (Å²) in [5.41, 5.74) is 7.10. The Hall–Kier alpha value is -2.65. The summed E-state index contributed by atoms with van der Waals surface area (Å²) >= 11 is 2.00. The van der Waals surface area contributed by atoms with Crippen LogP contribution < -0.4 is 10.6 Å². The van der Waals surface area contributed by atoms with Gasteiger partial charge in [0.05, 0.1) is 12.2 Å². The Morgan fingerprint density at radius 1 is 1.15 bits per heavy atom. The fraction of sp³-hybridized carbons (Fsp3) is 0.458. The predicted octanol–water partition coefficient (Wildman–Crippen LogP) is 4.45. The molecule has 0 radical (unpaired) electrons. The third kappa shape index (κ3) is 5.65. The van der Waals surface area contributed by atoms with Gasteiger partial charge in [0.1, 0.15) is 17.3 Å². The number of fused-ring (bicyclic) bond motifs is 1. The topological polar surface area (TPSA) is 79.8 Å². The van der Waals surface area contributed by atoms with Gasteiger partial charge in [-0.2, -0.15) is 0 Å². The number of primary amides is 1. The van der Waals surface area contributed by atoms with E-state index >= 15 is 0 Å². The van der Waals surface area contributed by atoms with Crippen LogP contribution in [0.2, 0.25) is 0 Å². The maximum atomic E-state index is 13.6. The summed E-state index contributed by atoms with van der Waals surface area (Å²) in [5, 5.41) is 5.29. The van der Waals surface area contributed by atoms with Gasteiger partial charge in [-0.3, -0.25) is 9.10 Å². The van der Waals surface area contributed by atoms with E-state index in [0.717, 1.165) is 36.0 Å². The zero-order chi connectivity index (χ0) is 23.4. The number of carbonyl (C=O) groups is 1. The Kier molecular flexibility index (Phi) is 7.49. The van der Waals surface area contributed by atoms with Gasteiger partial charge >= 0.3 is 0 Å². The number of halogens is 1. The number of aromatic nitrogens is 3. The normalized spacial score (nSPS) is 18.7. The van der Waals surface area contributed by atoms with Crippen LogP contribution in [0.15, 0.2) is 42.6 Å². The SMILES string of the molecule is CC(C)SN1CCCC1.NC(=O)c1cnc2ccc(N3CCC[C@@H]3c3cccc(F)c3)nn12. The highest BCUT2D eigenvalue weighted by atomic mass is 32.2. The molecule has 1 amide bonds. The first kappa shape index (κ1) is 23.5. The van der Waals surface area contributed by atoms with Gasteiger partial charge in [-0.05, 0) is 55.5 Å². The maximum absolute atomic E-state index is 13.6. The van der Waals surface area contributed by atoms with Crippen molar-refractivity contribution in [2.45, 2.75) is 50.8 Å². The molecule has 0 unspecified atom stereocenters. The van der Waals surface area contributed by atoms with Crippen molar-refractivity contribution in [2.75, 3.05) is 24.5 Å². The molecule has 1 atom stereocenters. The van der Waals surface area contributed by atoms with E-state index in [1.54, 1.807) is 18.2 Å². The fourth-order valence-electron chi connectivity index (χ4n) is 4.38. The smallest absolute Gasteiger partial charge is 0.269 e. The van der Waals surface area contributed by atoms with Crippen molar-refractivity contribution < 1.29 is 9.18 Å². The van der Waals surface area contributed by atoms with Crippen molar-refractivity contribution in [3.05, 3.63) is 59.7 Å².